The molecule has 0 aliphatic heterocycles. The van der Waals surface area contributed by atoms with E-state index in [0.29, 0.717) is 10.8 Å². The Bertz CT molecular complexity index is 881. The molecule has 124 valence electrons. The zero-order chi connectivity index (χ0) is 17.1. The first-order valence-electron chi connectivity index (χ1n) is 7.19. The molecule has 0 aliphatic carbocycles. The number of rotatable bonds is 5. The minimum atomic E-state index is -0.726. The molecule has 2 heterocycles. The van der Waals surface area contributed by atoms with E-state index >= 15 is 0 Å². The number of benzene rings is 1. The number of nitrogens with zero attached hydrogens (tertiary/aromatic N) is 2. The molecule has 24 heavy (non-hydrogen) atoms. The minimum absolute atomic E-state index is 0.0311. The van der Waals surface area contributed by atoms with Crippen molar-refractivity contribution in [2.24, 2.45) is 0 Å². The summed E-state index contributed by atoms with van der Waals surface area (Å²) < 4.78 is 11.0. The molecule has 1 atom stereocenters. The fourth-order valence-electron chi connectivity index (χ4n) is 2.16. The van der Waals surface area contributed by atoms with Crippen molar-refractivity contribution in [1.29, 1.82) is 0 Å². The van der Waals surface area contributed by atoms with Crippen LogP contribution in [0.2, 0.25) is 5.02 Å². The molecule has 2 aromatic heterocycles. The van der Waals surface area contributed by atoms with Gasteiger partial charge in [-0.2, -0.15) is 4.68 Å². The zero-order valence-corrected chi connectivity index (χ0v) is 13.5. The Labute approximate surface area is 141 Å². The molecular weight excluding hydrogens is 334 g/mol. The molecule has 8 heteroatoms. The summed E-state index contributed by atoms with van der Waals surface area (Å²) in [6, 6.07) is 10.2. The van der Waals surface area contributed by atoms with Gasteiger partial charge in [-0.15, -0.1) is 5.10 Å². The standard InChI is InChI=1S/C16H14ClN3O4/c1-10(11-4-6-12(17)7-5-11)18-14(21)9-20-16(22)24-15(19-20)13-3-2-8-23-13/h2-8,10H,9H2,1H3,(H,18,21). The number of nitrogens with one attached hydrogen (secondary N) is 1. The maximum absolute atomic E-state index is 12.1. The average Bonchev–Trinajstić information content (AvgIpc) is 3.18. The first-order chi connectivity index (χ1) is 11.5. The van der Waals surface area contributed by atoms with Crippen molar-refractivity contribution in [2.75, 3.05) is 0 Å². The number of hydrogen-bond donors (Lipinski definition) is 1. The van der Waals surface area contributed by atoms with E-state index < -0.39 is 5.76 Å². The lowest BCUT2D eigenvalue weighted by Crippen LogP contribution is -2.33. The summed E-state index contributed by atoms with van der Waals surface area (Å²) in [6.45, 7) is 1.59. The Morgan fingerprint density at radius 3 is 2.75 bits per heavy atom. The van der Waals surface area contributed by atoms with E-state index in [9.17, 15) is 9.59 Å². The summed E-state index contributed by atoms with van der Waals surface area (Å²) in [4.78, 5) is 23.9. The van der Waals surface area contributed by atoms with Crippen LogP contribution in [0.1, 0.15) is 18.5 Å². The molecule has 0 spiro atoms. The predicted octanol–water partition coefficient (Wildman–Crippen LogP) is 2.63. The molecule has 0 aliphatic rings. The van der Waals surface area contributed by atoms with Gasteiger partial charge < -0.3 is 14.2 Å². The van der Waals surface area contributed by atoms with E-state index in [4.69, 9.17) is 20.4 Å². The van der Waals surface area contributed by atoms with Crippen LogP contribution in [0.3, 0.4) is 0 Å². The van der Waals surface area contributed by atoms with Gasteiger partial charge in [-0.1, -0.05) is 23.7 Å². The quantitative estimate of drug-likeness (QED) is 0.766. The number of carbonyl (C=O) groups is 1. The average molecular weight is 348 g/mol. The Balaban J connectivity index is 1.67. The normalized spacial score (nSPS) is 12.1. The second kappa shape index (κ2) is 6.76. The first-order valence-corrected chi connectivity index (χ1v) is 7.57. The lowest BCUT2D eigenvalue weighted by atomic mass is 10.1. The molecule has 3 aromatic rings. The van der Waals surface area contributed by atoms with E-state index in [1.54, 1.807) is 24.3 Å². The number of carbonyl (C=O) groups excluding carboxylic acids is 1. The van der Waals surface area contributed by atoms with Gasteiger partial charge in [-0.05, 0) is 36.8 Å². The van der Waals surface area contributed by atoms with E-state index in [-0.39, 0.29) is 24.4 Å². The van der Waals surface area contributed by atoms with Gasteiger partial charge in [0.2, 0.25) is 5.91 Å². The first kappa shape index (κ1) is 16.1. The second-order valence-electron chi connectivity index (χ2n) is 5.15. The Morgan fingerprint density at radius 2 is 2.08 bits per heavy atom. The van der Waals surface area contributed by atoms with Crippen molar-refractivity contribution < 1.29 is 13.6 Å². The van der Waals surface area contributed by atoms with Crippen molar-refractivity contribution in [3.63, 3.8) is 0 Å². The summed E-state index contributed by atoms with van der Waals surface area (Å²) in [5.74, 6) is -0.737. The topological polar surface area (TPSA) is 90.3 Å². The summed E-state index contributed by atoms with van der Waals surface area (Å²) >= 11 is 5.84. The molecule has 1 unspecified atom stereocenters. The Hall–Kier alpha value is -2.80. The molecule has 0 saturated heterocycles. The summed E-state index contributed by atoms with van der Waals surface area (Å²) in [5.41, 5.74) is 0.900. The van der Waals surface area contributed by atoms with Crippen LogP contribution >= 0.6 is 11.6 Å². The van der Waals surface area contributed by atoms with Crippen LogP contribution in [0.5, 0.6) is 0 Å². The highest BCUT2D eigenvalue weighted by atomic mass is 35.5. The van der Waals surface area contributed by atoms with Gasteiger partial charge >= 0.3 is 5.76 Å². The number of halogens is 1. The van der Waals surface area contributed by atoms with Gasteiger partial charge in [0.1, 0.15) is 6.54 Å². The van der Waals surface area contributed by atoms with Crippen LogP contribution < -0.4 is 11.1 Å². The minimum Gasteiger partial charge on any atom is -0.459 e. The van der Waals surface area contributed by atoms with Gasteiger partial charge in [-0.25, -0.2) is 4.79 Å². The number of furan rings is 1. The monoisotopic (exact) mass is 347 g/mol. The largest absolute Gasteiger partial charge is 0.459 e. The zero-order valence-electron chi connectivity index (χ0n) is 12.7. The van der Waals surface area contributed by atoms with E-state index in [0.717, 1.165) is 10.2 Å². The van der Waals surface area contributed by atoms with Crippen molar-refractivity contribution in [2.45, 2.75) is 19.5 Å². The maximum Gasteiger partial charge on any atom is 0.437 e. The third-order valence-electron chi connectivity index (χ3n) is 3.38. The summed E-state index contributed by atoms with van der Waals surface area (Å²) in [5, 5.41) is 7.36. The number of hydrogen-bond acceptors (Lipinski definition) is 5. The number of amides is 1. The highest BCUT2D eigenvalue weighted by Gasteiger charge is 2.16. The Morgan fingerprint density at radius 1 is 1.33 bits per heavy atom. The summed E-state index contributed by atoms with van der Waals surface area (Å²) in [7, 11) is 0. The number of aromatic nitrogens is 2. The molecule has 0 radical (unpaired) electrons. The van der Waals surface area contributed by atoms with E-state index in [1.165, 1.54) is 6.26 Å². The fourth-order valence-corrected chi connectivity index (χ4v) is 2.29. The van der Waals surface area contributed by atoms with Crippen molar-refractivity contribution in [1.82, 2.24) is 15.1 Å². The van der Waals surface area contributed by atoms with Crippen molar-refractivity contribution >= 4 is 17.5 Å². The van der Waals surface area contributed by atoms with Crippen LogP contribution in [-0.2, 0) is 11.3 Å². The van der Waals surface area contributed by atoms with Gasteiger partial charge in [-0.3, -0.25) is 4.79 Å². The van der Waals surface area contributed by atoms with Crippen molar-refractivity contribution in [3.8, 4) is 11.7 Å². The third kappa shape index (κ3) is 3.57. The smallest absolute Gasteiger partial charge is 0.437 e. The van der Waals surface area contributed by atoms with Crippen LogP contribution in [0.15, 0.2) is 56.3 Å². The van der Waals surface area contributed by atoms with E-state index in [2.05, 4.69) is 10.4 Å². The van der Waals surface area contributed by atoms with Gasteiger partial charge in [0.05, 0.1) is 12.3 Å². The second-order valence-corrected chi connectivity index (χ2v) is 5.59. The summed E-state index contributed by atoms with van der Waals surface area (Å²) in [6.07, 6.45) is 1.44. The predicted molar refractivity (Wildman–Crippen MR) is 86.5 cm³/mol. The van der Waals surface area contributed by atoms with Gasteiger partial charge in [0, 0.05) is 5.02 Å². The maximum atomic E-state index is 12.1. The Kier molecular flexibility index (Phi) is 4.52. The molecule has 0 bridgehead atoms. The lowest BCUT2D eigenvalue weighted by Gasteiger charge is -2.14. The van der Waals surface area contributed by atoms with Crippen molar-refractivity contribution in [3.05, 3.63) is 63.8 Å². The SMILES string of the molecule is CC(NC(=O)Cn1nc(-c2ccco2)oc1=O)c1ccc(Cl)cc1. The molecule has 0 fully saturated rings. The van der Waals surface area contributed by atoms with E-state index in [1.807, 2.05) is 19.1 Å². The molecule has 1 aromatic carbocycles. The molecule has 7 nitrogen and oxygen atoms in total. The highest BCUT2D eigenvalue weighted by molar-refractivity contribution is 6.30. The lowest BCUT2D eigenvalue weighted by molar-refractivity contribution is -0.122. The van der Waals surface area contributed by atoms with Crippen LogP contribution in [0, 0.1) is 0 Å². The highest BCUT2D eigenvalue weighted by Crippen LogP contribution is 2.16. The molecule has 1 N–H and O–H groups in total. The van der Waals surface area contributed by atoms with Crippen LogP contribution in [0.25, 0.3) is 11.7 Å². The van der Waals surface area contributed by atoms with Crippen LogP contribution in [-0.4, -0.2) is 15.7 Å². The van der Waals surface area contributed by atoms with Gasteiger partial charge in [0.25, 0.3) is 5.89 Å². The van der Waals surface area contributed by atoms with Crippen LogP contribution in [0.4, 0.5) is 0 Å². The fraction of sp³-hybridized carbons (Fsp3) is 0.188. The van der Waals surface area contributed by atoms with Gasteiger partial charge in [0.15, 0.2) is 5.76 Å². The molecular formula is C16H14ClN3O4. The molecule has 0 saturated carbocycles. The molecule has 3 rings (SSSR count). The molecule has 1 amide bonds. The third-order valence-corrected chi connectivity index (χ3v) is 3.63.